The summed E-state index contributed by atoms with van der Waals surface area (Å²) in [6.45, 7) is 5.56. The van der Waals surface area contributed by atoms with Gasteiger partial charge in [0.2, 0.25) is 5.91 Å². The first-order valence-corrected chi connectivity index (χ1v) is 7.13. The van der Waals surface area contributed by atoms with E-state index < -0.39 is 0 Å². The molecule has 0 heterocycles. The van der Waals surface area contributed by atoms with Crippen molar-refractivity contribution in [3.63, 3.8) is 0 Å². The number of nitrogens with zero attached hydrogens (tertiary/aromatic N) is 1. The zero-order valence-corrected chi connectivity index (χ0v) is 12.7. The fraction of sp³-hybridized carbons (Fsp3) is 0.562. The van der Waals surface area contributed by atoms with E-state index in [1.54, 1.807) is 7.11 Å². The van der Waals surface area contributed by atoms with Gasteiger partial charge in [0.15, 0.2) is 0 Å². The quantitative estimate of drug-likeness (QED) is 0.787. The summed E-state index contributed by atoms with van der Waals surface area (Å²) in [6, 6.07) is 10.2. The summed E-state index contributed by atoms with van der Waals surface area (Å²) in [5.74, 6) is -0.0555. The average molecular weight is 278 g/mol. The minimum atomic E-state index is -0.170. The molecule has 1 aromatic rings. The Labute approximate surface area is 121 Å². The van der Waals surface area contributed by atoms with Crippen molar-refractivity contribution in [1.29, 1.82) is 0 Å². The van der Waals surface area contributed by atoms with Crippen molar-refractivity contribution in [2.75, 3.05) is 26.8 Å². The average Bonchev–Trinajstić information content (AvgIpc) is 2.45. The molecule has 0 saturated carbocycles. The normalized spacial score (nSPS) is 12.4. The van der Waals surface area contributed by atoms with Gasteiger partial charge in [0.1, 0.15) is 0 Å². The van der Waals surface area contributed by atoms with Crippen LogP contribution >= 0.6 is 0 Å². The van der Waals surface area contributed by atoms with E-state index in [0.29, 0.717) is 26.1 Å². The first kappa shape index (κ1) is 16.7. The molecule has 0 radical (unpaired) electrons. The van der Waals surface area contributed by atoms with Crippen LogP contribution in [0.4, 0.5) is 0 Å². The summed E-state index contributed by atoms with van der Waals surface area (Å²) in [5.41, 5.74) is 6.95. The molecule has 0 aliphatic carbocycles. The van der Waals surface area contributed by atoms with Crippen LogP contribution in [0.15, 0.2) is 30.3 Å². The predicted octanol–water partition coefficient (Wildman–Crippen LogP) is 1.69. The Balaban J connectivity index is 2.73. The molecule has 1 amide bonds. The van der Waals surface area contributed by atoms with Crippen molar-refractivity contribution in [2.24, 2.45) is 11.7 Å². The van der Waals surface area contributed by atoms with Crippen LogP contribution in [0.25, 0.3) is 0 Å². The Morgan fingerprint density at radius 2 is 1.95 bits per heavy atom. The zero-order valence-electron chi connectivity index (χ0n) is 12.7. The van der Waals surface area contributed by atoms with Gasteiger partial charge in [-0.1, -0.05) is 30.3 Å². The summed E-state index contributed by atoms with van der Waals surface area (Å²) < 4.78 is 5.08. The monoisotopic (exact) mass is 278 g/mol. The van der Waals surface area contributed by atoms with E-state index in [0.717, 1.165) is 5.56 Å². The second-order valence-corrected chi connectivity index (χ2v) is 5.24. The minimum Gasteiger partial charge on any atom is -0.383 e. The van der Waals surface area contributed by atoms with Crippen LogP contribution in [0.5, 0.6) is 0 Å². The number of ether oxygens (including phenoxy) is 1. The maximum atomic E-state index is 12.6. The van der Waals surface area contributed by atoms with Gasteiger partial charge in [0, 0.05) is 26.2 Å². The van der Waals surface area contributed by atoms with Gasteiger partial charge in [-0.05, 0) is 25.8 Å². The topological polar surface area (TPSA) is 55.6 Å². The van der Waals surface area contributed by atoms with Gasteiger partial charge in [-0.2, -0.15) is 0 Å². The summed E-state index contributed by atoms with van der Waals surface area (Å²) in [7, 11) is 1.65. The molecule has 0 saturated heterocycles. The number of nitrogens with two attached hydrogens (primary N) is 1. The first-order valence-electron chi connectivity index (χ1n) is 7.13. The van der Waals surface area contributed by atoms with E-state index in [4.69, 9.17) is 10.5 Å². The van der Waals surface area contributed by atoms with Gasteiger partial charge in [-0.25, -0.2) is 0 Å². The van der Waals surface area contributed by atoms with E-state index >= 15 is 0 Å². The lowest BCUT2D eigenvalue weighted by molar-refractivity contribution is -0.137. The van der Waals surface area contributed by atoms with Crippen LogP contribution in [-0.4, -0.2) is 43.7 Å². The molecule has 0 fully saturated rings. The highest BCUT2D eigenvalue weighted by Crippen LogP contribution is 2.13. The van der Waals surface area contributed by atoms with Crippen molar-refractivity contribution >= 4 is 5.91 Å². The maximum Gasteiger partial charge on any atom is 0.227 e. The van der Waals surface area contributed by atoms with Crippen LogP contribution in [0.1, 0.15) is 19.4 Å². The molecule has 1 rings (SSSR count). The maximum absolute atomic E-state index is 12.6. The Morgan fingerprint density at radius 3 is 2.45 bits per heavy atom. The van der Waals surface area contributed by atoms with Crippen molar-refractivity contribution in [3.05, 3.63) is 35.9 Å². The number of hydrogen-bond acceptors (Lipinski definition) is 3. The molecule has 1 unspecified atom stereocenters. The van der Waals surface area contributed by atoms with Gasteiger partial charge in [-0.15, -0.1) is 0 Å². The minimum absolute atomic E-state index is 0.114. The van der Waals surface area contributed by atoms with Crippen molar-refractivity contribution < 1.29 is 9.53 Å². The van der Waals surface area contributed by atoms with Crippen molar-refractivity contribution in [1.82, 2.24) is 4.90 Å². The fourth-order valence-electron chi connectivity index (χ4n) is 2.22. The van der Waals surface area contributed by atoms with E-state index in [1.165, 1.54) is 0 Å². The largest absolute Gasteiger partial charge is 0.383 e. The van der Waals surface area contributed by atoms with Gasteiger partial charge >= 0.3 is 0 Å². The Kier molecular flexibility index (Phi) is 7.26. The third-order valence-electron chi connectivity index (χ3n) is 3.40. The van der Waals surface area contributed by atoms with E-state index in [-0.39, 0.29) is 17.9 Å². The molecule has 112 valence electrons. The molecule has 0 aliphatic heterocycles. The van der Waals surface area contributed by atoms with Crippen molar-refractivity contribution in [3.8, 4) is 0 Å². The number of carbonyl (C=O) groups is 1. The molecule has 0 spiro atoms. The summed E-state index contributed by atoms with van der Waals surface area (Å²) in [6.07, 6.45) is 0.687. The molecule has 20 heavy (non-hydrogen) atoms. The molecule has 1 atom stereocenters. The lowest BCUT2D eigenvalue weighted by atomic mass is 9.97. The number of rotatable bonds is 8. The second-order valence-electron chi connectivity index (χ2n) is 5.24. The molecular formula is C16H26N2O2. The van der Waals surface area contributed by atoms with Crippen LogP contribution in [0.3, 0.4) is 0 Å². The fourth-order valence-corrected chi connectivity index (χ4v) is 2.22. The van der Waals surface area contributed by atoms with Crippen LogP contribution in [0.2, 0.25) is 0 Å². The smallest absolute Gasteiger partial charge is 0.227 e. The van der Waals surface area contributed by atoms with Gasteiger partial charge < -0.3 is 15.4 Å². The predicted molar refractivity (Wildman–Crippen MR) is 81.4 cm³/mol. The molecular weight excluding hydrogens is 252 g/mol. The lowest BCUT2D eigenvalue weighted by Gasteiger charge is -2.30. The summed E-state index contributed by atoms with van der Waals surface area (Å²) in [4.78, 5) is 14.5. The Hall–Kier alpha value is -1.39. The molecule has 4 nitrogen and oxygen atoms in total. The van der Waals surface area contributed by atoms with E-state index in [1.807, 2.05) is 49.1 Å². The Morgan fingerprint density at radius 1 is 1.30 bits per heavy atom. The van der Waals surface area contributed by atoms with Crippen molar-refractivity contribution in [2.45, 2.75) is 26.3 Å². The summed E-state index contributed by atoms with van der Waals surface area (Å²) >= 11 is 0. The number of methoxy groups -OCH3 is 1. The van der Waals surface area contributed by atoms with Crippen LogP contribution < -0.4 is 5.73 Å². The molecule has 1 aromatic carbocycles. The zero-order chi connectivity index (χ0) is 15.0. The van der Waals surface area contributed by atoms with Gasteiger partial charge in [0.25, 0.3) is 0 Å². The molecule has 0 aliphatic rings. The SMILES string of the molecule is COCCN(C(=O)C(CN)Cc1ccccc1)C(C)C. The third-order valence-corrected chi connectivity index (χ3v) is 3.40. The first-order chi connectivity index (χ1) is 9.60. The number of carbonyl (C=O) groups excluding carboxylic acids is 1. The highest BCUT2D eigenvalue weighted by Gasteiger charge is 2.25. The standard InChI is InChI=1S/C16H26N2O2/c1-13(2)18(9-10-20-3)16(19)15(12-17)11-14-7-5-4-6-8-14/h4-8,13,15H,9-12,17H2,1-3H3. The molecule has 0 aromatic heterocycles. The molecule has 0 bridgehead atoms. The Bertz CT molecular complexity index is 393. The third kappa shape index (κ3) is 4.94. The van der Waals surface area contributed by atoms with Crippen LogP contribution in [0, 0.1) is 5.92 Å². The second kappa shape index (κ2) is 8.72. The lowest BCUT2D eigenvalue weighted by Crippen LogP contribution is -2.45. The molecule has 2 N–H and O–H groups in total. The summed E-state index contributed by atoms with van der Waals surface area (Å²) in [5, 5.41) is 0. The number of benzene rings is 1. The van der Waals surface area contributed by atoms with E-state index in [2.05, 4.69) is 0 Å². The number of amides is 1. The van der Waals surface area contributed by atoms with Gasteiger partial charge in [-0.3, -0.25) is 4.79 Å². The van der Waals surface area contributed by atoms with Gasteiger partial charge in [0.05, 0.1) is 12.5 Å². The van der Waals surface area contributed by atoms with Crippen LogP contribution in [-0.2, 0) is 16.0 Å². The number of hydrogen-bond donors (Lipinski definition) is 1. The highest BCUT2D eigenvalue weighted by atomic mass is 16.5. The highest BCUT2D eigenvalue weighted by molar-refractivity contribution is 5.79. The van der Waals surface area contributed by atoms with E-state index in [9.17, 15) is 4.79 Å². The molecule has 4 heteroatoms.